The van der Waals surface area contributed by atoms with E-state index in [1.807, 2.05) is 18.2 Å². The molecule has 108 valence electrons. The summed E-state index contributed by atoms with van der Waals surface area (Å²) in [6.45, 7) is 3.37. The summed E-state index contributed by atoms with van der Waals surface area (Å²) in [5.74, 6) is -0.290. The second-order valence-corrected chi connectivity index (χ2v) is 5.99. The first-order valence-corrected chi connectivity index (χ1v) is 7.33. The van der Waals surface area contributed by atoms with Crippen LogP contribution in [0.15, 0.2) is 36.5 Å². The molecule has 2 aliphatic heterocycles. The number of benzene rings is 1. The van der Waals surface area contributed by atoms with Crippen molar-refractivity contribution >= 4 is 11.7 Å². The van der Waals surface area contributed by atoms with Crippen LogP contribution >= 0.6 is 0 Å². The zero-order chi connectivity index (χ0) is 14.6. The predicted molar refractivity (Wildman–Crippen MR) is 81.0 cm³/mol. The lowest BCUT2D eigenvalue weighted by atomic mass is 9.91. The molecule has 0 bridgehead atoms. The third kappa shape index (κ3) is 1.53. The van der Waals surface area contributed by atoms with Crippen molar-refractivity contribution in [3.63, 3.8) is 0 Å². The summed E-state index contributed by atoms with van der Waals surface area (Å²) in [6, 6.07) is 10.1. The number of esters is 1. The van der Waals surface area contributed by atoms with E-state index in [0.29, 0.717) is 5.56 Å². The van der Waals surface area contributed by atoms with E-state index in [0.717, 1.165) is 18.7 Å². The molecule has 1 atom stereocenters. The number of ether oxygens (including phenoxy) is 1. The maximum atomic E-state index is 11.8. The van der Waals surface area contributed by atoms with Gasteiger partial charge in [0.15, 0.2) is 0 Å². The minimum Gasteiger partial charge on any atom is -0.465 e. The fraction of sp³-hybridized carbons (Fsp3) is 0.353. The van der Waals surface area contributed by atoms with Crippen LogP contribution in [0.25, 0.3) is 5.69 Å². The summed E-state index contributed by atoms with van der Waals surface area (Å²) in [7, 11) is 1.42. The molecule has 0 saturated carbocycles. The molecule has 21 heavy (non-hydrogen) atoms. The predicted octanol–water partition coefficient (Wildman–Crippen LogP) is 3.09. The van der Waals surface area contributed by atoms with Crippen molar-refractivity contribution in [1.82, 2.24) is 4.57 Å². The standard InChI is InChI=1S/C17H18N2O2/c1-17-8-4-10-19(17)13-7-6-12(16(20)21-2)11-14(13)18-9-3-5-15(17)18/h3,5-7,9,11H,4,8,10H2,1-2H3. The highest BCUT2D eigenvalue weighted by molar-refractivity contribution is 5.91. The van der Waals surface area contributed by atoms with E-state index in [9.17, 15) is 4.79 Å². The van der Waals surface area contributed by atoms with Gasteiger partial charge in [-0.25, -0.2) is 4.79 Å². The smallest absolute Gasteiger partial charge is 0.337 e. The van der Waals surface area contributed by atoms with E-state index < -0.39 is 0 Å². The highest BCUT2D eigenvalue weighted by Gasteiger charge is 2.44. The first kappa shape index (κ1) is 12.5. The van der Waals surface area contributed by atoms with Crippen LogP contribution in [-0.4, -0.2) is 24.2 Å². The lowest BCUT2D eigenvalue weighted by Crippen LogP contribution is -2.43. The molecule has 4 nitrogen and oxygen atoms in total. The van der Waals surface area contributed by atoms with Gasteiger partial charge in [0.05, 0.1) is 29.6 Å². The Kier molecular flexibility index (Phi) is 2.46. The molecular weight excluding hydrogens is 264 g/mol. The van der Waals surface area contributed by atoms with Crippen LogP contribution in [0, 0.1) is 0 Å². The van der Waals surface area contributed by atoms with Gasteiger partial charge in [-0.1, -0.05) is 0 Å². The third-order valence-corrected chi connectivity index (χ3v) is 4.89. The van der Waals surface area contributed by atoms with Gasteiger partial charge in [0.25, 0.3) is 0 Å². The number of hydrogen-bond donors (Lipinski definition) is 0. The monoisotopic (exact) mass is 282 g/mol. The molecule has 0 aliphatic carbocycles. The van der Waals surface area contributed by atoms with Crippen LogP contribution in [0.5, 0.6) is 0 Å². The fourth-order valence-electron chi connectivity index (χ4n) is 3.84. The average Bonchev–Trinajstić information content (AvgIpc) is 3.13. The highest BCUT2D eigenvalue weighted by Crippen LogP contribution is 2.48. The number of hydrogen-bond acceptors (Lipinski definition) is 3. The van der Waals surface area contributed by atoms with E-state index in [4.69, 9.17) is 4.74 Å². The fourth-order valence-corrected chi connectivity index (χ4v) is 3.84. The average molecular weight is 282 g/mol. The Morgan fingerprint density at radius 2 is 2.14 bits per heavy atom. The molecule has 0 amide bonds. The van der Waals surface area contributed by atoms with E-state index in [1.54, 1.807) is 0 Å². The van der Waals surface area contributed by atoms with Crippen molar-refractivity contribution in [1.29, 1.82) is 0 Å². The topological polar surface area (TPSA) is 34.5 Å². The van der Waals surface area contributed by atoms with E-state index in [-0.39, 0.29) is 11.5 Å². The summed E-state index contributed by atoms with van der Waals surface area (Å²) < 4.78 is 7.05. The zero-order valence-electron chi connectivity index (χ0n) is 12.3. The molecule has 3 heterocycles. The molecular formula is C17H18N2O2. The molecule has 2 aromatic rings. The van der Waals surface area contributed by atoms with Crippen molar-refractivity contribution < 1.29 is 9.53 Å². The second kappa shape index (κ2) is 4.13. The summed E-state index contributed by atoms with van der Waals surface area (Å²) in [5, 5.41) is 0. The van der Waals surface area contributed by atoms with Gasteiger partial charge in [-0.05, 0) is 50.1 Å². The lowest BCUT2D eigenvalue weighted by Gasteiger charge is -2.43. The SMILES string of the molecule is COC(=O)c1ccc2c(c1)-n1cccc1C1(C)CCCN21. The molecule has 4 rings (SSSR count). The molecule has 4 heteroatoms. The molecule has 1 aromatic heterocycles. The van der Waals surface area contributed by atoms with Gasteiger partial charge in [-0.2, -0.15) is 0 Å². The van der Waals surface area contributed by atoms with Gasteiger partial charge in [0, 0.05) is 18.4 Å². The summed E-state index contributed by atoms with van der Waals surface area (Å²) >= 11 is 0. The second-order valence-electron chi connectivity index (χ2n) is 5.99. The number of carbonyl (C=O) groups excluding carboxylic acids is 1. The van der Waals surface area contributed by atoms with Crippen LogP contribution < -0.4 is 4.90 Å². The normalized spacial score (nSPS) is 22.5. The zero-order valence-corrected chi connectivity index (χ0v) is 12.3. The molecule has 1 aromatic carbocycles. The molecule has 0 radical (unpaired) electrons. The van der Waals surface area contributed by atoms with E-state index in [1.165, 1.54) is 24.9 Å². The highest BCUT2D eigenvalue weighted by atomic mass is 16.5. The number of methoxy groups -OCH3 is 1. The van der Waals surface area contributed by atoms with Gasteiger partial charge in [-0.3, -0.25) is 0 Å². The molecule has 0 N–H and O–H groups in total. The maximum Gasteiger partial charge on any atom is 0.337 e. The maximum absolute atomic E-state index is 11.8. The minimum atomic E-state index is -0.290. The van der Waals surface area contributed by atoms with Gasteiger partial charge in [0.1, 0.15) is 0 Å². The van der Waals surface area contributed by atoms with Crippen molar-refractivity contribution in [3.05, 3.63) is 47.8 Å². The molecule has 1 unspecified atom stereocenters. The number of carbonyl (C=O) groups is 1. The van der Waals surface area contributed by atoms with Gasteiger partial charge < -0.3 is 14.2 Å². The summed E-state index contributed by atoms with van der Waals surface area (Å²) in [4.78, 5) is 14.3. The number of anilines is 1. The first-order chi connectivity index (χ1) is 10.1. The van der Waals surface area contributed by atoms with Gasteiger partial charge in [0.2, 0.25) is 0 Å². The Bertz CT molecular complexity index is 734. The number of aromatic nitrogens is 1. The van der Waals surface area contributed by atoms with E-state index >= 15 is 0 Å². The first-order valence-electron chi connectivity index (χ1n) is 7.33. The van der Waals surface area contributed by atoms with Crippen LogP contribution in [0.1, 0.15) is 35.8 Å². The molecule has 1 fully saturated rings. The number of nitrogens with zero attached hydrogens (tertiary/aromatic N) is 2. The van der Waals surface area contributed by atoms with Gasteiger partial charge in [-0.15, -0.1) is 0 Å². The quantitative estimate of drug-likeness (QED) is 0.754. The largest absolute Gasteiger partial charge is 0.465 e. The van der Waals surface area contributed by atoms with Crippen LogP contribution in [-0.2, 0) is 10.3 Å². The number of rotatable bonds is 1. The Labute approximate surface area is 123 Å². The van der Waals surface area contributed by atoms with Crippen molar-refractivity contribution in [3.8, 4) is 5.69 Å². The minimum absolute atomic E-state index is 0.0588. The Hall–Kier alpha value is -2.23. The Morgan fingerprint density at radius 1 is 1.29 bits per heavy atom. The third-order valence-electron chi connectivity index (χ3n) is 4.89. The van der Waals surface area contributed by atoms with Crippen molar-refractivity contribution in [2.24, 2.45) is 0 Å². The lowest BCUT2D eigenvalue weighted by molar-refractivity contribution is 0.0600. The summed E-state index contributed by atoms with van der Waals surface area (Å²) in [5.41, 5.74) is 4.22. The number of fused-ring (bicyclic) bond motifs is 6. The molecule has 2 aliphatic rings. The Balaban J connectivity index is 1.96. The van der Waals surface area contributed by atoms with Crippen molar-refractivity contribution in [2.45, 2.75) is 25.3 Å². The van der Waals surface area contributed by atoms with Crippen LogP contribution in [0.4, 0.5) is 5.69 Å². The summed E-state index contributed by atoms with van der Waals surface area (Å²) in [6.07, 6.45) is 4.44. The van der Waals surface area contributed by atoms with Gasteiger partial charge >= 0.3 is 5.97 Å². The van der Waals surface area contributed by atoms with Crippen molar-refractivity contribution in [2.75, 3.05) is 18.6 Å². The van der Waals surface area contributed by atoms with Crippen LogP contribution in [0.3, 0.4) is 0 Å². The Morgan fingerprint density at radius 3 is 2.95 bits per heavy atom. The van der Waals surface area contributed by atoms with Crippen LogP contribution in [0.2, 0.25) is 0 Å². The molecule has 1 saturated heterocycles. The van der Waals surface area contributed by atoms with E-state index in [2.05, 4.69) is 34.7 Å². The molecule has 0 spiro atoms.